The smallest absolute Gasteiger partial charge is 0.276 e. The van der Waals surface area contributed by atoms with Crippen LogP contribution in [0, 0.1) is 0 Å². The van der Waals surface area contributed by atoms with Crippen LogP contribution < -0.4 is 0 Å². The van der Waals surface area contributed by atoms with Crippen LogP contribution in [0.1, 0.15) is 47.5 Å². The third-order valence-corrected chi connectivity index (χ3v) is 6.29. The van der Waals surface area contributed by atoms with Gasteiger partial charge in [0, 0.05) is 38.2 Å². The van der Waals surface area contributed by atoms with Crippen molar-refractivity contribution < 1.29 is 17.7 Å². The zero-order valence-corrected chi connectivity index (χ0v) is 14.4. The Labute approximate surface area is 136 Å². The number of sulfonamides is 1. The Balaban J connectivity index is 1.66. The molecule has 0 spiro atoms. The number of nitrogens with zero attached hydrogens (tertiary/aromatic N) is 3. The minimum atomic E-state index is -3.19. The summed E-state index contributed by atoms with van der Waals surface area (Å²) in [4.78, 5) is 14.4. The molecule has 0 atom stereocenters. The van der Waals surface area contributed by atoms with Gasteiger partial charge in [-0.3, -0.25) is 4.79 Å². The van der Waals surface area contributed by atoms with Gasteiger partial charge in [-0.15, -0.1) is 0 Å². The fourth-order valence-corrected chi connectivity index (χ4v) is 4.16. The first-order chi connectivity index (χ1) is 10.9. The lowest BCUT2D eigenvalue weighted by atomic mass is 9.95. The van der Waals surface area contributed by atoms with Crippen LogP contribution in [-0.4, -0.2) is 61.1 Å². The summed E-state index contributed by atoms with van der Waals surface area (Å²) in [5.41, 5.74) is 1.42. The molecular formula is C15H23N3O4S. The number of likely N-dealkylation sites (tertiary alicyclic amines) is 1. The predicted molar refractivity (Wildman–Crippen MR) is 84.7 cm³/mol. The molecule has 1 aromatic heterocycles. The molecular weight excluding hydrogens is 318 g/mol. The summed E-state index contributed by atoms with van der Waals surface area (Å²) in [5, 5.41) is 3.99. The van der Waals surface area contributed by atoms with E-state index in [0.717, 1.165) is 37.0 Å². The van der Waals surface area contributed by atoms with Crippen molar-refractivity contribution in [2.45, 2.75) is 44.6 Å². The van der Waals surface area contributed by atoms with E-state index in [9.17, 15) is 13.2 Å². The molecule has 1 saturated heterocycles. The maximum atomic E-state index is 12.7. The summed E-state index contributed by atoms with van der Waals surface area (Å²) in [6.07, 6.45) is 6.37. The number of fused-ring (bicyclic) bond motifs is 1. The number of carbonyl (C=O) groups excluding carboxylic acids is 1. The topological polar surface area (TPSA) is 83.7 Å². The van der Waals surface area contributed by atoms with Crippen LogP contribution >= 0.6 is 0 Å². The number of carbonyl (C=O) groups is 1. The molecule has 1 fully saturated rings. The van der Waals surface area contributed by atoms with Crippen molar-refractivity contribution >= 4 is 15.9 Å². The van der Waals surface area contributed by atoms with E-state index < -0.39 is 10.0 Å². The molecule has 8 heteroatoms. The maximum Gasteiger partial charge on any atom is 0.276 e. The van der Waals surface area contributed by atoms with E-state index >= 15 is 0 Å². The maximum absolute atomic E-state index is 12.7. The highest BCUT2D eigenvalue weighted by Gasteiger charge is 2.32. The Bertz CT molecular complexity index is 690. The van der Waals surface area contributed by atoms with Gasteiger partial charge in [-0.1, -0.05) is 5.16 Å². The normalized spacial score (nSPS) is 19.9. The summed E-state index contributed by atoms with van der Waals surface area (Å²) in [7, 11) is -1.59. The zero-order valence-electron chi connectivity index (χ0n) is 13.6. The first-order valence-corrected chi connectivity index (χ1v) is 9.92. The van der Waals surface area contributed by atoms with Gasteiger partial charge in [-0.25, -0.2) is 12.7 Å². The van der Waals surface area contributed by atoms with Gasteiger partial charge >= 0.3 is 0 Å². The second kappa shape index (κ2) is 6.24. The van der Waals surface area contributed by atoms with Crippen molar-refractivity contribution in [3.63, 3.8) is 0 Å². The van der Waals surface area contributed by atoms with Crippen molar-refractivity contribution in [3.8, 4) is 0 Å². The number of aromatic nitrogens is 1. The molecule has 0 unspecified atom stereocenters. The molecule has 0 saturated carbocycles. The molecule has 0 radical (unpaired) electrons. The van der Waals surface area contributed by atoms with Crippen molar-refractivity contribution in [2.24, 2.45) is 0 Å². The summed E-state index contributed by atoms with van der Waals surface area (Å²) >= 11 is 0. The van der Waals surface area contributed by atoms with Crippen LogP contribution in [0.15, 0.2) is 4.52 Å². The number of piperidine rings is 1. The minimum Gasteiger partial charge on any atom is -0.360 e. The molecule has 128 valence electrons. The summed E-state index contributed by atoms with van der Waals surface area (Å²) in [6.45, 7) is 1.09. The molecule has 1 aliphatic carbocycles. The summed E-state index contributed by atoms with van der Waals surface area (Å²) in [6, 6.07) is -0.0414. The van der Waals surface area contributed by atoms with E-state index in [1.165, 1.54) is 10.6 Å². The largest absolute Gasteiger partial charge is 0.360 e. The monoisotopic (exact) mass is 341 g/mol. The molecule has 23 heavy (non-hydrogen) atoms. The number of hydrogen-bond acceptors (Lipinski definition) is 5. The SMILES string of the molecule is CN(C1CCN(C(=O)c2noc3c2CCCC3)CC1)S(C)(=O)=O. The van der Waals surface area contributed by atoms with E-state index in [-0.39, 0.29) is 11.9 Å². The van der Waals surface area contributed by atoms with E-state index in [2.05, 4.69) is 5.16 Å². The molecule has 2 aliphatic rings. The van der Waals surface area contributed by atoms with Crippen molar-refractivity contribution in [1.82, 2.24) is 14.4 Å². The van der Waals surface area contributed by atoms with Gasteiger partial charge in [0.15, 0.2) is 5.69 Å². The molecule has 0 N–H and O–H groups in total. The van der Waals surface area contributed by atoms with E-state index in [4.69, 9.17) is 4.52 Å². The van der Waals surface area contributed by atoms with Crippen LogP contribution in [0.2, 0.25) is 0 Å². The van der Waals surface area contributed by atoms with Crippen molar-refractivity contribution in [2.75, 3.05) is 26.4 Å². The Morgan fingerprint density at radius 2 is 1.91 bits per heavy atom. The van der Waals surface area contributed by atoms with Gasteiger partial charge in [0.25, 0.3) is 5.91 Å². The lowest BCUT2D eigenvalue weighted by molar-refractivity contribution is 0.0675. The second-order valence-corrected chi connectivity index (χ2v) is 8.48. The third kappa shape index (κ3) is 3.28. The quantitative estimate of drug-likeness (QED) is 0.820. The highest BCUT2D eigenvalue weighted by molar-refractivity contribution is 7.88. The first kappa shape index (κ1) is 16.4. The average Bonchev–Trinajstić information content (AvgIpc) is 2.97. The fraction of sp³-hybridized carbons (Fsp3) is 0.733. The first-order valence-electron chi connectivity index (χ1n) is 8.07. The van der Waals surface area contributed by atoms with Crippen molar-refractivity contribution in [3.05, 3.63) is 17.0 Å². The number of hydrogen-bond donors (Lipinski definition) is 0. The van der Waals surface area contributed by atoms with Crippen LogP contribution in [0.3, 0.4) is 0 Å². The lowest BCUT2D eigenvalue weighted by Gasteiger charge is -2.35. The molecule has 1 amide bonds. The zero-order chi connectivity index (χ0) is 16.6. The minimum absolute atomic E-state index is 0.0414. The number of aryl methyl sites for hydroxylation is 1. The highest BCUT2D eigenvalue weighted by atomic mass is 32.2. The highest BCUT2D eigenvalue weighted by Crippen LogP contribution is 2.26. The molecule has 0 bridgehead atoms. The molecule has 1 aliphatic heterocycles. The van der Waals surface area contributed by atoms with Crippen LogP contribution in [-0.2, 0) is 22.9 Å². The van der Waals surface area contributed by atoms with E-state index in [1.54, 1.807) is 11.9 Å². The molecule has 3 rings (SSSR count). The van der Waals surface area contributed by atoms with Gasteiger partial charge in [-0.05, 0) is 32.1 Å². The van der Waals surface area contributed by atoms with Gasteiger partial charge in [0.05, 0.1) is 6.26 Å². The third-order valence-electron chi connectivity index (χ3n) is 4.94. The Morgan fingerprint density at radius 3 is 2.57 bits per heavy atom. The van der Waals surface area contributed by atoms with Crippen LogP contribution in [0.4, 0.5) is 0 Å². The number of rotatable bonds is 3. The number of amides is 1. The fourth-order valence-electron chi connectivity index (χ4n) is 3.41. The summed E-state index contributed by atoms with van der Waals surface area (Å²) < 4.78 is 30.0. The van der Waals surface area contributed by atoms with Crippen LogP contribution in [0.25, 0.3) is 0 Å². The Hall–Kier alpha value is -1.41. The molecule has 0 aromatic carbocycles. The standard InChI is InChI=1S/C15H23N3O4S/c1-17(23(2,20)21)11-7-9-18(10-8-11)15(19)14-12-5-3-4-6-13(12)22-16-14/h11H,3-10H2,1-2H3. The molecule has 7 nitrogen and oxygen atoms in total. The molecule has 1 aromatic rings. The van der Waals surface area contributed by atoms with E-state index in [1.807, 2.05) is 0 Å². The molecule has 2 heterocycles. The average molecular weight is 341 g/mol. The summed E-state index contributed by atoms with van der Waals surface area (Å²) in [5.74, 6) is 0.767. The van der Waals surface area contributed by atoms with Gasteiger partial charge < -0.3 is 9.42 Å². The van der Waals surface area contributed by atoms with Crippen LogP contribution in [0.5, 0.6) is 0 Å². The van der Waals surface area contributed by atoms with Gasteiger partial charge in [-0.2, -0.15) is 0 Å². The predicted octanol–water partition coefficient (Wildman–Crippen LogP) is 1.05. The Kier molecular flexibility index (Phi) is 4.46. The van der Waals surface area contributed by atoms with Gasteiger partial charge in [0.1, 0.15) is 5.76 Å². The second-order valence-electron chi connectivity index (χ2n) is 6.44. The Morgan fingerprint density at radius 1 is 1.26 bits per heavy atom. The van der Waals surface area contributed by atoms with Crippen molar-refractivity contribution in [1.29, 1.82) is 0 Å². The van der Waals surface area contributed by atoms with Gasteiger partial charge in [0.2, 0.25) is 10.0 Å². The van der Waals surface area contributed by atoms with E-state index in [0.29, 0.717) is 31.6 Å². The lowest BCUT2D eigenvalue weighted by Crippen LogP contribution is -2.47.